The van der Waals surface area contributed by atoms with Crippen LogP contribution >= 0.6 is 0 Å². The van der Waals surface area contributed by atoms with Crippen molar-refractivity contribution in [2.75, 3.05) is 12.3 Å². The molecule has 0 fully saturated rings. The van der Waals surface area contributed by atoms with Gasteiger partial charge in [0.2, 0.25) is 5.95 Å². The van der Waals surface area contributed by atoms with Crippen LogP contribution in [-0.4, -0.2) is 26.7 Å². The van der Waals surface area contributed by atoms with Gasteiger partial charge in [0.25, 0.3) is 5.89 Å². The van der Waals surface area contributed by atoms with Crippen LogP contribution in [0, 0.1) is 5.92 Å². The van der Waals surface area contributed by atoms with Crippen LogP contribution in [0.3, 0.4) is 0 Å². The van der Waals surface area contributed by atoms with Crippen molar-refractivity contribution < 1.29 is 4.52 Å². The molecular formula is C20H23N7O. The molecule has 1 aliphatic rings. The Labute approximate surface area is 163 Å². The molecule has 144 valence electrons. The van der Waals surface area contributed by atoms with Gasteiger partial charge in [-0.2, -0.15) is 4.98 Å². The third kappa shape index (κ3) is 3.11. The van der Waals surface area contributed by atoms with Gasteiger partial charge in [0, 0.05) is 30.7 Å². The minimum Gasteiger partial charge on any atom is -0.368 e. The number of aromatic nitrogens is 4. The largest absolute Gasteiger partial charge is 0.368 e. The Morgan fingerprint density at radius 3 is 2.43 bits per heavy atom. The number of hydrogen-bond acceptors (Lipinski definition) is 8. The van der Waals surface area contributed by atoms with Gasteiger partial charge in [-0.1, -0.05) is 43.3 Å². The SMILES string of the molecule is CC(C)[C@](C)(c1ccc(-c2cnc(N)nc2)cc1)c1noc(C2=CNNC2)n1. The fourth-order valence-corrected chi connectivity index (χ4v) is 3.25. The lowest BCUT2D eigenvalue weighted by Crippen LogP contribution is -2.31. The number of anilines is 1. The van der Waals surface area contributed by atoms with Crippen LogP contribution in [0.25, 0.3) is 16.7 Å². The number of nitrogens with zero attached hydrogens (tertiary/aromatic N) is 4. The highest BCUT2D eigenvalue weighted by atomic mass is 16.5. The van der Waals surface area contributed by atoms with E-state index in [2.05, 4.69) is 71.0 Å². The first-order valence-corrected chi connectivity index (χ1v) is 9.19. The van der Waals surface area contributed by atoms with Crippen LogP contribution in [0.2, 0.25) is 0 Å². The van der Waals surface area contributed by atoms with E-state index in [1.165, 1.54) is 0 Å². The van der Waals surface area contributed by atoms with Gasteiger partial charge < -0.3 is 15.7 Å². The second kappa shape index (κ2) is 7.05. The topological polar surface area (TPSA) is 115 Å². The zero-order chi connectivity index (χ0) is 19.7. The molecule has 8 nitrogen and oxygen atoms in total. The van der Waals surface area contributed by atoms with Gasteiger partial charge in [0.15, 0.2) is 5.82 Å². The average molecular weight is 377 g/mol. The quantitative estimate of drug-likeness (QED) is 0.621. The lowest BCUT2D eigenvalue weighted by atomic mass is 9.72. The second-order valence-corrected chi connectivity index (χ2v) is 7.35. The van der Waals surface area contributed by atoms with E-state index in [1.54, 1.807) is 12.4 Å². The van der Waals surface area contributed by atoms with Gasteiger partial charge in [-0.05, 0) is 24.0 Å². The molecule has 1 aliphatic heterocycles. The van der Waals surface area contributed by atoms with Crippen molar-refractivity contribution in [3.63, 3.8) is 0 Å². The van der Waals surface area contributed by atoms with Crippen LogP contribution in [0.15, 0.2) is 47.4 Å². The fraction of sp³-hybridized carbons (Fsp3) is 0.300. The van der Waals surface area contributed by atoms with Crippen molar-refractivity contribution in [2.45, 2.75) is 26.2 Å². The third-order valence-electron chi connectivity index (χ3n) is 5.44. The maximum atomic E-state index is 5.57. The van der Waals surface area contributed by atoms with Crippen molar-refractivity contribution in [2.24, 2.45) is 5.92 Å². The number of nitrogens with one attached hydrogen (secondary N) is 2. The summed E-state index contributed by atoms with van der Waals surface area (Å²) in [4.78, 5) is 12.8. The zero-order valence-corrected chi connectivity index (χ0v) is 16.1. The second-order valence-electron chi connectivity index (χ2n) is 7.35. The maximum absolute atomic E-state index is 5.57. The van der Waals surface area contributed by atoms with Crippen LogP contribution < -0.4 is 16.6 Å². The van der Waals surface area contributed by atoms with E-state index in [9.17, 15) is 0 Å². The normalized spacial score (nSPS) is 15.9. The summed E-state index contributed by atoms with van der Waals surface area (Å²) in [5.74, 6) is 1.74. The molecular weight excluding hydrogens is 354 g/mol. The van der Waals surface area contributed by atoms with Crippen molar-refractivity contribution in [3.8, 4) is 11.1 Å². The lowest BCUT2D eigenvalue weighted by Gasteiger charge is -2.31. The average Bonchev–Trinajstić information content (AvgIpc) is 3.40. The van der Waals surface area contributed by atoms with Crippen molar-refractivity contribution in [1.82, 2.24) is 31.0 Å². The molecule has 0 amide bonds. The molecule has 0 aliphatic carbocycles. The maximum Gasteiger partial charge on any atom is 0.256 e. The number of benzene rings is 1. The van der Waals surface area contributed by atoms with Gasteiger partial charge in [0.1, 0.15) is 0 Å². The number of hydrazine groups is 1. The van der Waals surface area contributed by atoms with Crippen LogP contribution in [-0.2, 0) is 5.41 Å². The Balaban J connectivity index is 1.68. The Bertz CT molecular complexity index is 992. The van der Waals surface area contributed by atoms with E-state index in [1.807, 2.05) is 6.20 Å². The van der Waals surface area contributed by atoms with E-state index in [4.69, 9.17) is 15.2 Å². The molecule has 2 aromatic heterocycles. The lowest BCUT2D eigenvalue weighted by molar-refractivity contribution is 0.345. The minimum absolute atomic E-state index is 0.262. The number of rotatable bonds is 5. The zero-order valence-electron chi connectivity index (χ0n) is 16.1. The monoisotopic (exact) mass is 377 g/mol. The Morgan fingerprint density at radius 1 is 1.11 bits per heavy atom. The van der Waals surface area contributed by atoms with E-state index in [0.717, 1.165) is 22.3 Å². The Morgan fingerprint density at radius 2 is 1.82 bits per heavy atom. The molecule has 3 aromatic rings. The number of hydrogen-bond donors (Lipinski definition) is 3. The summed E-state index contributed by atoms with van der Waals surface area (Å²) in [6.45, 7) is 7.12. The molecule has 0 unspecified atom stereocenters. The van der Waals surface area contributed by atoms with Crippen LogP contribution in [0.5, 0.6) is 0 Å². The first-order chi connectivity index (χ1) is 13.5. The van der Waals surface area contributed by atoms with Gasteiger partial charge >= 0.3 is 0 Å². The Kier molecular flexibility index (Phi) is 4.56. The van der Waals surface area contributed by atoms with Gasteiger partial charge in [-0.3, -0.25) is 0 Å². The molecule has 0 spiro atoms. The first-order valence-electron chi connectivity index (χ1n) is 9.19. The first kappa shape index (κ1) is 18.1. The highest BCUT2D eigenvalue weighted by Gasteiger charge is 2.37. The number of nitrogen functional groups attached to an aromatic ring is 1. The third-order valence-corrected chi connectivity index (χ3v) is 5.44. The predicted molar refractivity (Wildman–Crippen MR) is 107 cm³/mol. The number of nitrogens with two attached hydrogens (primary N) is 1. The van der Waals surface area contributed by atoms with Crippen molar-refractivity contribution in [1.29, 1.82) is 0 Å². The van der Waals surface area contributed by atoms with Crippen LogP contribution in [0.4, 0.5) is 5.95 Å². The molecule has 4 N–H and O–H groups in total. The van der Waals surface area contributed by atoms with Crippen LogP contribution in [0.1, 0.15) is 38.0 Å². The van der Waals surface area contributed by atoms with Crippen molar-refractivity contribution in [3.05, 3.63) is 60.1 Å². The molecule has 0 saturated heterocycles. The van der Waals surface area contributed by atoms with E-state index < -0.39 is 5.41 Å². The van der Waals surface area contributed by atoms with E-state index >= 15 is 0 Å². The van der Waals surface area contributed by atoms with Gasteiger partial charge in [-0.25, -0.2) is 15.4 Å². The molecule has 28 heavy (non-hydrogen) atoms. The Hall–Kier alpha value is -3.26. The highest BCUT2D eigenvalue weighted by Crippen LogP contribution is 2.38. The summed E-state index contributed by atoms with van der Waals surface area (Å²) in [5.41, 5.74) is 15.1. The summed E-state index contributed by atoms with van der Waals surface area (Å²) in [5, 5.41) is 4.30. The fourth-order valence-electron chi connectivity index (χ4n) is 3.25. The minimum atomic E-state index is -0.391. The highest BCUT2D eigenvalue weighted by molar-refractivity contribution is 5.63. The molecule has 8 heteroatoms. The standard InChI is InChI=1S/C20H23N7O/c1-12(2)20(3,18-26-17(28-27-18)15-10-24-25-11-15)16-6-4-13(5-7-16)14-8-22-19(21)23-9-14/h4-10,12,24-25H,11H2,1-3H3,(H2,21,22,23)/t20-/m1/s1. The summed E-state index contributed by atoms with van der Waals surface area (Å²) < 4.78 is 5.53. The molecule has 3 heterocycles. The van der Waals surface area contributed by atoms with E-state index in [-0.39, 0.29) is 11.9 Å². The smallest absolute Gasteiger partial charge is 0.256 e. The summed E-state index contributed by atoms with van der Waals surface area (Å²) in [7, 11) is 0. The molecule has 0 saturated carbocycles. The summed E-state index contributed by atoms with van der Waals surface area (Å²) in [6.07, 6.45) is 5.29. The molecule has 4 rings (SSSR count). The van der Waals surface area contributed by atoms with Crippen molar-refractivity contribution >= 4 is 11.5 Å². The predicted octanol–water partition coefficient (Wildman–Crippen LogP) is 2.52. The molecule has 1 atom stereocenters. The summed E-state index contributed by atoms with van der Waals surface area (Å²) >= 11 is 0. The molecule has 1 aromatic carbocycles. The van der Waals surface area contributed by atoms with Gasteiger partial charge in [-0.15, -0.1) is 0 Å². The summed E-state index contributed by atoms with van der Waals surface area (Å²) in [6, 6.07) is 8.30. The van der Waals surface area contributed by atoms with Gasteiger partial charge in [0.05, 0.1) is 11.0 Å². The molecule has 0 radical (unpaired) electrons. The van der Waals surface area contributed by atoms with E-state index in [0.29, 0.717) is 18.3 Å². The molecule has 0 bridgehead atoms.